The van der Waals surface area contributed by atoms with E-state index in [2.05, 4.69) is 34.6 Å². The molecule has 0 aromatic carbocycles. The molecule has 0 aromatic rings. The summed E-state index contributed by atoms with van der Waals surface area (Å²) < 4.78 is 0.352. The molecule has 0 aliphatic rings. The van der Waals surface area contributed by atoms with E-state index >= 15 is 0 Å². The first-order valence-electron chi connectivity index (χ1n) is 4.76. The third kappa shape index (κ3) is 5.90. The van der Waals surface area contributed by atoms with Gasteiger partial charge in [-0.2, -0.15) is 11.8 Å². The fraction of sp³-hybridized carbons (Fsp3) is 1.00. The van der Waals surface area contributed by atoms with Crippen LogP contribution in [-0.2, 0) is 0 Å². The zero-order valence-corrected chi connectivity index (χ0v) is 9.87. The Kier molecular flexibility index (Phi) is 5.26. The molecule has 2 atom stereocenters. The molecular weight excluding hydrogens is 166 g/mol. The molecule has 0 heterocycles. The van der Waals surface area contributed by atoms with Crippen molar-refractivity contribution in [3.63, 3.8) is 0 Å². The topological polar surface area (TPSA) is 26.0 Å². The largest absolute Gasteiger partial charge is 0.327 e. The van der Waals surface area contributed by atoms with Gasteiger partial charge in [0.05, 0.1) is 0 Å². The van der Waals surface area contributed by atoms with Gasteiger partial charge < -0.3 is 5.73 Å². The maximum Gasteiger partial charge on any atom is 0.0156 e. The van der Waals surface area contributed by atoms with Crippen LogP contribution in [-0.4, -0.2) is 16.5 Å². The van der Waals surface area contributed by atoms with E-state index < -0.39 is 0 Å². The Morgan fingerprint density at radius 3 is 2.17 bits per heavy atom. The fourth-order valence-corrected chi connectivity index (χ4v) is 1.83. The van der Waals surface area contributed by atoms with Crippen LogP contribution in [0, 0.1) is 5.92 Å². The molecule has 0 aliphatic carbocycles. The standard InChI is InChI=1S/C10H23NS/c1-6-8(2)9(11)7-12-10(3,4)5/h8-9H,6-7,11H2,1-5H3. The lowest BCUT2D eigenvalue weighted by Crippen LogP contribution is -2.31. The number of nitrogens with two attached hydrogens (primary N) is 1. The number of hydrogen-bond donors (Lipinski definition) is 1. The van der Waals surface area contributed by atoms with E-state index in [1.807, 2.05) is 11.8 Å². The monoisotopic (exact) mass is 189 g/mol. The first kappa shape index (κ1) is 12.3. The van der Waals surface area contributed by atoms with Crippen LogP contribution in [0.4, 0.5) is 0 Å². The van der Waals surface area contributed by atoms with Gasteiger partial charge >= 0.3 is 0 Å². The van der Waals surface area contributed by atoms with Crippen molar-refractivity contribution in [3.05, 3.63) is 0 Å². The zero-order valence-electron chi connectivity index (χ0n) is 9.05. The molecule has 2 N–H and O–H groups in total. The fourth-order valence-electron chi connectivity index (χ4n) is 0.813. The van der Waals surface area contributed by atoms with Crippen LogP contribution in [0.25, 0.3) is 0 Å². The summed E-state index contributed by atoms with van der Waals surface area (Å²) in [5, 5.41) is 0. The molecule has 74 valence electrons. The van der Waals surface area contributed by atoms with E-state index in [4.69, 9.17) is 5.73 Å². The lowest BCUT2D eigenvalue weighted by atomic mass is 10.0. The van der Waals surface area contributed by atoms with E-state index in [0.717, 1.165) is 5.75 Å². The zero-order chi connectivity index (χ0) is 9.78. The second-order valence-corrected chi connectivity index (χ2v) is 6.32. The molecule has 0 fully saturated rings. The van der Waals surface area contributed by atoms with Crippen molar-refractivity contribution in [1.82, 2.24) is 0 Å². The lowest BCUT2D eigenvalue weighted by molar-refractivity contribution is 0.474. The van der Waals surface area contributed by atoms with Crippen LogP contribution < -0.4 is 5.73 Å². The van der Waals surface area contributed by atoms with Crippen molar-refractivity contribution in [2.45, 2.75) is 51.8 Å². The summed E-state index contributed by atoms with van der Waals surface area (Å²) in [4.78, 5) is 0. The highest BCUT2D eigenvalue weighted by Crippen LogP contribution is 2.25. The average molecular weight is 189 g/mol. The van der Waals surface area contributed by atoms with E-state index in [1.54, 1.807) is 0 Å². The first-order chi connectivity index (χ1) is 5.37. The van der Waals surface area contributed by atoms with Crippen LogP contribution in [0.3, 0.4) is 0 Å². The highest BCUT2D eigenvalue weighted by Gasteiger charge is 2.16. The second-order valence-electron chi connectivity index (χ2n) is 4.47. The molecule has 0 saturated carbocycles. The highest BCUT2D eigenvalue weighted by molar-refractivity contribution is 8.00. The molecule has 0 rings (SSSR count). The van der Waals surface area contributed by atoms with Crippen LogP contribution in [0.2, 0.25) is 0 Å². The molecule has 2 heteroatoms. The van der Waals surface area contributed by atoms with E-state index in [-0.39, 0.29) is 0 Å². The minimum atomic E-state index is 0.352. The number of thioether (sulfide) groups is 1. The Morgan fingerprint density at radius 1 is 1.33 bits per heavy atom. The molecule has 0 saturated heterocycles. The molecule has 0 radical (unpaired) electrons. The van der Waals surface area contributed by atoms with Crippen molar-refractivity contribution in [3.8, 4) is 0 Å². The summed E-state index contributed by atoms with van der Waals surface area (Å²) in [6.07, 6.45) is 1.19. The van der Waals surface area contributed by atoms with Crippen molar-refractivity contribution < 1.29 is 0 Å². The van der Waals surface area contributed by atoms with Gasteiger partial charge in [0.15, 0.2) is 0 Å². The minimum Gasteiger partial charge on any atom is -0.327 e. The molecule has 0 aliphatic heterocycles. The summed E-state index contributed by atoms with van der Waals surface area (Å²) in [5.41, 5.74) is 6.01. The third-order valence-electron chi connectivity index (χ3n) is 2.08. The Morgan fingerprint density at radius 2 is 1.83 bits per heavy atom. The summed E-state index contributed by atoms with van der Waals surface area (Å²) >= 11 is 1.96. The van der Waals surface area contributed by atoms with Gasteiger partial charge in [-0.05, 0) is 5.92 Å². The van der Waals surface area contributed by atoms with E-state index in [0.29, 0.717) is 16.7 Å². The minimum absolute atomic E-state index is 0.352. The number of rotatable bonds is 4. The molecule has 0 bridgehead atoms. The van der Waals surface area contributed by atoms with Crippen LogP contribution in [0.5, 0.6) is 0 Å². The quantitative estimate of drug-likeness (QED) is 0.736. The van der Waals surface area contributed by atoms with Crippen molar-refractivity contribution in [2.24, 2.45) is 11.7 Å². The normalized spacial score (nSPS) is 17.5. The molecule has 12 heavy (non-hydrogen) atoms. The lowest BCUT2D eigenvalue weighted by Gasteiger charge is -2.23. The Bertz CT molecular complexity index is 117. The van der Waals surface area contributed by atoms with Gasteiger partial charge in [-0.3, -0.25) is 0 Å². The van der Waals surface area contributed by atoms with Gasteiger partial charge in [0.1, 0.15) is 0 Å². The maximum absolute atomic E-state index is 6.01. The molecule has 2 unspecified atom stereocenters. The van der Waals surface area contributed by atoms with E-state index in [1.165, 1.54) is 6.42 Å². The van der Waals surface area contributed by atoms with Gasteiger partial charge in [-0.1, -0.05) is 41.0 Å². The van der Waals surface area contributed by atoms with Crippen LogP contribution in [0.15, 0.2) is 0 Å². The van der Waals surface area contributed by atoms with Crippen molar-refractivity contribution in [1.29, 1.82) is 0 Å². The van der Waals surface area contributed by atoms with Crippen LogP contribution in [0.1, 0.15) is 41.0 Å². The maximum atomic E-state index is 6.01. The second kappa shape index (κ2) is 5.13. The molecular formula is C10H23NS. The Labute approximate surface area is 81.5 Å². The smallest absolute Gasteiger partial charge is 0.0156 e. The summed E-state index contributed by atoms with van der Waals surface area (Å²) in [6.45, 7) is 11.1. The summed E-state index contributed by atoms with van der Waals surface area (Å²) in [5.74, 6) is 1.73. The average Bonchev–Trinajstić information content (AvgIpc) is 1.97. The predicted octanol–water partition coefficient (Wildman–Crippen LogP) is 2.89. The van der Waals surface area contributed by atoms with Gasteiger partial charge in [0.2, 0.25) is 0 Å². The van der Waals surface area contributed by atoms with Gasteiger partial charge in [0.25, 0.3) is 0 Å². The Balaban J connectivity index is 3.64. The molecule has 1 nitrogen and oxygen atoms in total. The third-order valence-corrected chi connectivity index (χ3v) is 3.50. The van der Waals surface area contributed by atoms with Crippen molar-refractivity contribution >= 4 is 11.8 Å². The Hall–Kier alpha value is 0.310. The van der Waals surface area contributed by atoms with Gasteiger partial charge in [0, 0.05) is 16.5 Å². The van der Waals surface area contributed by atoms with Crippen LogP contribution >= 0.6 is 11.8 Å². The molecule has 0 amide bonds. The predicted molar refractivity (Wildman–Crippen MR) is 59.6 cm³/mol. The van der Waals surface area contributed by atoms with Crippen molar-refractivity contribution in [2.75, 3.05) is 5.75 Å². The molecule has 0 aromatic heterocycles. The van der Waals surface area contributed by atoms with Gasteiger partial charge in [-0.15, -0.1) is 0 Å². The summed E-state index contributed by atoms with van der Waals surface area (Å²) in [7, 11) is 0. The highest BCUT2D eigenvalue weighted by atomic mass is 32.2. The number of hydrogen-bond acceptors (Lipinski definition) is 2. The first-order valence-corrected chi connectivity index (χ1v) is 5.75. The summed E-state index contributed by atoms with van der Waals surface area (Å²) in [6, 6.07) is 0.360. The SMILES string of the molecule is CCC(C)C(N)CSC(C)(C)C. The molecule has 0 spiro atoms. The van der Waals surface area contributed by atoms with E-state index in [9.17, 15) is 0 Å². The van der Waals surface area contributed by atoms with Gasteiger partial charge in [-0.25, -0.2) is 0 Å².